The number of anilines is 2. The number of hydrogen-bond acceptors (Lipinski definition) is 5. The van der Waals surface area contributed by atoms with E-state index in [1.165, 1.54) is 6.07 Å². The lowest BCUT2D eigenvalue weighted by Gasteiger charge is -2.35. The van der Waals surface area contributed by atoms with E-state index in [1.807, 2.05) is 46.1 Å². The van der Waals surface area contributed by atoms with Crippen LogP contribution in [0.2, 0.25) is 0 Å². The van der Waals surface area contributed by atoms with Crippen LogP contribution in [0, 0.1) is 17.1 Å². The van der Waals surface area contributed by atoms with E-state index in [0.29, 0.717) is 17.8 Å². The van der Waals surface area contributed by atoms with Crippen LogP contribution >= 0.6 is 0 Å². The number of hydrogen-bond donors (Lipinski definition) is 1. The predicted molar refractivity (Wildman–Crippen MR) is 132 cm³/mol. The molecule has 1 N–H and O–H groups in total. The Balaban J connectivity index is 1.11. The number of benzene rings is 3. The molecule has 3 heterocycles. The number of amides is 1. The van der Waals surface area contributed by atoms with Crippen molar-refractivity contribution < 1.29 is 9.18 Å². The van der Waals surface area contributed by atoms with Crippen molar-refractivity contribution in [3.8, 4) is 6.07 Å². The molecule has 0 unspecified atom stereocenters. The molecule has 0 saturated carbocycles. The molecule has 1 amide bonds. The molecular formula is C27H23FN6O. The summed E-state index contributed by atoms with van der Waals surface area (Å²) < 4.78 is 16.3. The van der Waals surface area contributed by atoms with Crippen LogP contribution in [0.3, 0.4) is 0 Å². The van der Waals surface area contributed by atoms with Crippen molar-refractivity contribution in [2.24, 2.45) is 0 Å². The molecule has 4 aromatic rings. The third-order valence-electron chi connectivity index (χ3n) is 6.83. The maximum absolute atomic E-state index is 14.4. The SMILES string of the molecule is N#Cc1ccc(N2CCN(Cc3ccn(Cc4ccc5c6c(cccc46)C(=O)N5)n3)CC2)c(F)c1. The van der Waals surface area contributed by atoms with Gasteiger partial charge in [-0.05, 0) is 47.3 Å². The van der Waals surface area contributed by atoms with Crippen molar-refractivity contribution in [1.82, 2.24) is 14.7 Å². The van der Waals surface area contributed by atoms with Gasteiger partial charge in [-0.1, -0.05) is 18.2 Å². The molecule has 1 aromatic heterocycles. The number of aromatic nitrogens is 2. The molecule has 2 aliphatic heterocycles. The van der Waals surface area contributed by atoms with Crippen LogP contribution in [0.15, 0.2) is 60.8 Å². The maximum atomic E-state index is 14.4. The Labute approximate surface area is 202 Å². The van der Waals surface area contributed by atoms with Crippen LogP contribution in [-0.2, 0) is 13.1 Å². The molecule has 0 aliphatic carbocycles. The quantitative estimate of drug-likeness (QED) is 0.481. The van der Waals surface area contributed by atoms with Crippen LogP contribution in [0.4, 0.5) is 15.8 Å². The lowest BCUT2D eigenvalue weighted by Crippen LogP contribution is -2.46. The van der Waals surface area contributed by atoms with E-state index >= 15 is 0 Å². The number of carbonyl (C=O) groups is 1. The van der Waals surface area contributed by atoms with E-state index in [0.717, 1.165) is 66.0 Å². The molecule has 8 heteroatoms. The molecule has 0 spiro atoms. The van der Waals surface area contributed by atoms with E-state index in [4.69, 9.17) is 10.4 Å². The zero-order valence-corrected chi connectivity index (χ0v) is 19.0. The summed E-state index contributed by atoms with van der Waals surface area (Å²) in [6.07, 6.45) is 1.99. The first-order valence-corrected chi connectivity index (χ1v) is 11.6. The van der Waals surface area contributed by atoms with Crippen LogP contribution in [0.5, 0.6) is 0 Å². The fourth-order valence-electron chi connectivity index (χ4n) is 5.05. The van der Waals surface area contributed by atoms with E-state index < -0.39 is 0 Å². The van der Waals surface area contributed by atoms with Crippen molar-refractivity contribution >= 4 is 28.1 Å². The van der Waals surface area contributed by atoms with Crippen LogP contribution in [0.25, 0.3) is 10.8 Å². The molecule has 0 bridgehead atoms. The second kappa shape index (κ2) is 8.53. The molecule has 0 atom stereocenters. The maximum Gasteiger partial charge on any atom is 0.256 e. The number of piperazine rings is 1. The number of nitrogens with zero attached hydrogens (tertiary/aromatic N) is 5. The van der Waals surface area contributed by atoms with Gasteiger partial charge >= 0.3 is 0 Å². The van der Waals surface area contributed by atoms with Crippen molar-refractivity contribution in [3.05, 3.63) is 89.0 Å². The van der Waals surface area contributed by atoms with Gasteiger partial charge in [0.2, 0.25) is 0 Å². The van der Waals surface area contributed by atoms with Crippen LogP contribution in [-0.4, -0.2) is 46.8 Å². The number of rotatable bonds is 5. The van der Waals surface area contributed by atoms with Gasteiger partial charge in [0, 0.05) is 55.6 Å². The number of carbonyl (C=O) groups excluding carboxylic acids is 1. The second-order valence-electron chi connectivity index (χ2n) is 9.00. The van der Waals surface area contributed by atoms with Gasteiger partial charge < -0.3 is 10.2 Å². The Morgan fingerprint density at radius 3 is 2.69 bits per heavy atom. The highest BCUT2D eigenvalue weighted by molar-refractivity contribution is 6.24. The summed E-state index contributed by atoms with van der Waals surface area (Å²) in [5.41, 5.74) is 4.59. The Bertz CT molecular complexity index is 1500. The minimum Gasteiger partial charge on any atom is -0.367 e. The predicted octanol–water partition coefficient (Wildman–Crippen LogP) is 3.98. The molecule has 174 valence electrons. The zero-order valence-electron chi connectivity index (χ0n) is 19.0. The summed E-state index contributed by atoms with van der Waals surface area (Å²) in [7, 11) is 0. The van der Waals surface area contributed by atoms with Gasteiger partial charge in [0.25, 0.3) is 5.91 Å². The Kier molecular flexibility index (Phi) is 5.20. The number of halogens is 1. The summed E-state index contributed by atoms with van der Waals surface area (Å²) in [5.74, 6) is -0.398. The van der Waals surface area contributed by atoms with Gasteiger partial charge in [-0.25, -0.2) is 4.39 Å². The highest BCUT2D eigenvalue weighted by Gasteiger charge is 2.23. The lowest BCUT2D eigenvalue weighted by atomic mass is 10.0. The lowest BCUT2D eigenvalue weighted by molar-refractivity contribution is 0.103. The van der Waals surface area contributed by atoms with Gasteiger partial charge in [0.05, 0.1) is 29.6 Å². The Hall–Kier alpha value is -4.22. The van der Waals surface area contributed by atoms with E-state index in [2.05, 4.69) is 22.3 Å². The van der Waals surface area contributed by atoms with Gasteiger partial charge in [-0.3, -0.25) is 14.4 Å². The first kappa shape index (κ1) is 21.3. The average molecular weight is 467 g/mol. The van der Waals surface area contributed by atoms with E-state index in [-0.39, 0.29) is 11.7 Å². The van der Waals surface area contributed by atoms with Crippen LogP contribution < -0.4 is 10.2 Å². The molecular weight excluding hydrogens is 443 g/mol. The molecule has 1 saturated heterocycles. The first-order valence-electron chi connectivity index (χ1n) is 11.6. The number of nitrogens with one attached hydrogen (secondary N) is 1. The topological polar surface area (TPSA) is 77.2 Å². The highest BCUT2D eigenvalue weighted by atomic mass is 19.1. The fraction of sp³-hybridized carbons (Fsp3) is 0.222. The third kappa shape index (κ3) is 3.90. The van der Waals surface area contributed by atoms with Gasteiger partial charge in [-0.2, -0.15) is 10.4 Å². The van der Waals surface area contributed by atoms with Crippen molar-refractivity contribution in [3.63, 3.8) is 0 Å². The summed E-state index contributed by atoms with van der Waals surface area (Å²) in [5, 5.41) is 18.7. The molecule has 2 aliphatic rings. The molecule has 6 rings (SSSR count). The normalized spacial score (nSPS) is 15.4. The first-order chi connectivity index (χ1) is 17.1. The second-order valence-corrected chi connectivity index (χ2v) is 9.00. The zero-order chi connectivity index (χ0) is 23.9. The largest absolute Gasteiger partial charge is 0.367 e. The Morgan fingerprint density at radius 1 is 1.03 bits per heavy atom. The van der Waals surface area contributed by atoms with Crippen molar-refractivity contribution in [2.75, 3.05) is 36.4 Å². The van der Waals surface area contributed by atoms with Gasteiger partial charge in [-0.15, -0.1) is 0 Å². The minimum absolute atomic E-state index is 0.0499. The molecule has 1 fully saturated rings. The van der Waals surface area contributed by atoms with Gasteiger partial charge in [0.1, 0.15) is 5.82 Å². The average Bonchev–Trinajstić information content (AvgIpc) is 3.46. The third-order valence-corrected chi connectivity index (χ3v) is 6.83. The highest BCUT2D eigenvalue weighted by Crippen LogP contribution is 2.35. The van der Waals surface area contributed by atoms with E-state index in [9.17, 15) is 9.18 Å². The van der Waals surface area contributed by atoms with Gasteiger partial charge in [0.15, 0.2) is 0 Å². The van der Waals surface area contributed by atoms with Crippen molar-refractivity contribution in [2.45, 2.75) is 13.1 Å². The number of nitriles is 1. The monoisotopic (exact) mass is 466 g/mol. The van der Waals surface area contributed by atoms with Crippen molar-refractivity contribution in [1.29, 1.82) is 5.26 Å². The minimum atomic E-state index is -0.348. The molecule has 0 radical (unpaired) electrons. The molecule has 7 nitrogen and oxygen atoms in total. The van der Waals surface area contributed by atoms with Crippen LogP contribution in [0.1, 0.15) is 27.2 Å². The Morgan fingerprint density at radius 2 is 1.89 bits per heavy atom. The summed E-state index contributed by atoms with van der Waals surface area (Å²) >= 11 is 0. The molecule has 35 heavy (non-hydrogen) atoms. The van der Waals surface area contributed by atoms with E-state index in [1.54, 1.807) is 12.1 Å². The smallest absolute Gasteiger partial charge is 0.256 e. The summed E-state index contributed by atoms with van der Waals surface area (Å²) in [6, 6.07) is 18.5. The fourth-order valence-corrected chi connectivity index (χ4v) is 5.05. The standard InChI is InChI=1S/C27H23FN6O/c28-23-14-18(15-29)4-7-25(23)33-12-10-32(11-13-33)17-20-8-9-34(31-20)16-19-5-6-24-26-21(19)2-1-3-22(26)27(35)30-24/h1-9,14H,10-13,16-17H2,(H,30,35). The summed E-state index contributed by atoms with van der Waals surface area (Å²) in [4.78, 5) is 16.5. The summed E-state index contributed by atoms with van der Waals surface area (Å²) in [6.45, 7) is 4.41. The molecule has 3 aromatic carbocycles.